The average Bonchev–Trinajstić information content (AvgIpc) is 2.97. The molecule has 0 spiro atoms. The van der Waals surface area contributed by atoms with Crippen LogP contribution >= 0.6 is 11.8 Å². The van der Waals surface area contributed by atoms with Crippen LogP contribution in [0.25, 0.3) is 5.76 Å². The molecule has 5 heteroatoms. The quantitative estimate of drug-likeness (QED) is 0.334. The maximum atomic E-state index is 13.3. The van der Waals surface area contributed by atoms with Crippen LogP contribution in [0.5, 0.6) is 5.75 Å². The van der Waals surface area contributed by atoms with Gasteiger partial charge in [0.15, 0.2) is 0 Å². The number of carbonyl (C=O) groups excluding carboxylic acids is 1. The highest BCUT2D eigenvalue weighted by Gasteiger charge is 2.26. The van der Waals surface area contributed by atoms with E-state index in [-0.39, 0.29) is 5.91 Å². The highest BCUT2D eigenvalue weighted by atomic mass is 32.2. The van der Waals surface area contributed by atoms with E-state index >= 15 is 0 Å². The molecule has 33 heavy (non-hydrogen) atoms. The van der Waals surface area contributed by atoms with Crippen LogP contribution in [-0.4, -0.2) is 19.6 Å². The highest BCUT2D eigenvalue weighted by molar-refractivity contribution is 7.99. The van der Waals surface area contributed by atoms with Crippen LogP contribution in [0, 0.1) is 0 Å². The zero-order valence-electron chi connectivity index (χ0n) is 19.3. The molecule has 1 aliphatic rings. The number of unbranched alkanes of at least 4 members (excludes halogenated alkanes) is 1. The Morgan fingerprint density at radius 2 is 1.79 bits per heavy atom. The van der Waals surface area contributed by atoms with Gasteiger partial charge in [0.05, 0.1) is 18.4 Å². The minimum absolute atomic E-state index is 0.0368. The smallest absolute Gasteiger partial charge is 0.259 e. The molecule has 1 heterocycles. The molecular formula is C28H29NO3S. The van der Waals surface area contributed by atoms with E-state index in [0.29, 0.717) is 13.2 Å². The molecule has 1 aliphatic heterocycles. The van der Waals surface area contributed by atoms with E-state index in [4.69, 9.17) is 9.47 Å². The summed E-state index contributed by atoms with van der Waals surface area (Å²) in [5, 5.41) is 0. The van der Waals surface area contributed by atoms with Gasteiger partial charge in [-0.05, 0) is 67.4 Å². The lowest BCUT2D eigenvalue weighted by molar-refractivity contribution is 0.0985. The average molecular weight is 460 g/mol. The zero-order chi connectivity index (χ0) is 23.2. The fraction of sp³-hybridized carbons (Fsp3) is 0.250. The molecule has 3 aromatic carbocycles. The van der Waals surface area contributed by atoms with Crippen LogP contribution in [-0.2, 0) is 11.3 Å². The first kappa shape index (κ1) is 23.0. The molecule has 3 aromatic rings. The standard InChI is InChI=1S/C28H29NO3S/c1-4-6-10-25(32-19-20-12-15-22(31-3)16-13-20)21-14-17-27-24(18-21)29(5-2)28(30)23-9-7-8-11-26(23)33-27/h7-18H,4-6,19H2,1-3H3/b25-10-. The fourth-order valence-corrected chi connectivity index (χ4v) is 4.86. The number of methoxy groups -OCH3 is 1. The topological polar surface area (TPSA) is 38.8 Å². The van der Waals surface area contributed by atoms with Gasteiger partial charge in [-0.25, -0.2) is 0 Å². The van der Waals surface area contributed by atoms with E-state index in [0.717, 1.165) is 56.5 Å². The van der Waals surface area contributed by atoms with Gasteiger partial charge in [0, 0.05) is 21.9 Å². The summed E-state index contributed by atoms with van der Waals surface area (Å²) < 4.78 is 11.5. The van der Waals surface area contributed by atoms with E-state index in [2.05, 4.69) is 31.2 Å². The molecule has 170 valence electrons. The Labute approximate surface area is 200 Å². The first-order chi connectivity index (χ1) is 16.1. The number of ether oxygens (including phenoxy) is 2. The van der Waals surface area contributed by atoms with Crippen LogP contribution in [0.3, 0.4) is 0 Å². The number of rotatable bonds is 8. The number of anilines is 1. The molecule has 4 nitrogen and oxygen atoms in total. The van der Waals surface area contributed by atoms with Crippen LogP contribution in [0.4, 0.5) is 5.69 Å². The van der Waals surface area contributed by atoms with Crippen LogP contribution < -0.4 is 9.64 Å². The summed E-state index contributed by atoms with van der Waals surface area (Å²) in [5.74, 6) is 1.70. The van der Waals surface area contributed by atoms with Crippen molar-refractivity contribution in [2.75, 3.05) is 18.6 Å². The van der Waals surface area contributed by atoms with Gasteiger partial charge in [-0.3, -0.25) is 4.79 Å². The summed E-state index contributed by atoms with van der Waals surface area (Å²) in [6, 6.07) is 22.0. The summed E-state index contributed by atoms with van der Waals surface area (Å²) in [6.45, 7) is 5.24. The third kappa shape index (κ3) is 5.09. The van der Waals surface area contributed by atoms with Gasteiger partial charge in [-0.1, -0.05) is 49.4 Å². The molecule has 0 radical (unpaired) electrons. The van der Waals surface area contributed by atoms with Crippen molar-refractivity contribution in [2.24, 2.45) is 0 Å². The normalized spacial score (nSPS) is 13.2. The van der Waals surface area contributed by atoms with Crippen LogP contribution in [0.2, 0.25) is 0 Å². The Bertz CT molecular complexity index is 1150. The minimum Gasteiger partial charge on any atom is -0.497 e. The van der Waals surface area contributed by atoms with Crippen molar-refractivity contribution in [1.82, 2.24) is 0 Å². The first-order valence-electron chi connectivity index (χ1n) is 11.3. The summed E-state index contributed by atoms with van der Waals surface area (Å²) in [4.78, 5) is 17.2. The number of amides is 1. The minimum atomic E-state index is 0.0368. The Morgan fingerprint density at radius 3 is 2.52 bits per heavy atom. The molecular weight excluding hydrogens is 430 g/mol. The van der Waals surface area contributed by atoms with Crippen LogP contribution in [0.1, 0.15) is 48.2 Å². The summed E-state index contributed by atoms with van der Waals surface area (Å²) in [5.41, 5.74) is 3.73. The molecule has 0 aromatic heterocycles. The van der Waals surface area contributed by atoms with Gasteiger partial charge in [0.25, 0.3) is 5.91 Å². The van der Waals surface area contributed by atoms with Gasteiger partial charge in [-0.2, -0.15) is 0 Å². The largest absolute Gasteiger partial charge is 0.497 e. The van der Waals surface area contributed by atoms with Gasteiger partial charge < -0.3 is 14.4 Å². The van der Waals surface area contributed by atoms with E-state index in [9.17, 15) is 4.79 Å². The molecule has 0 aliphatic carbocycles. The number of fused-ring (bicyclic) bond motifs is 2. The molecule has 0 bridgehead atoms. The van der Waals surface area contributed by atoms with Crippen molar-refractivity contribution in [3.8, 4) is 5.75 Å². The van der Waals surface area contributed by atoms with E-state index in [1.165, 1.54) is 0 Å². The lowest BCUT2D eigenvalue weighted by Crippen LogP contribution is -2.30. The monoisotopic (exact) mass is 459 g/mol. The van der Waals surface area contributed by atoms with E-state index in [1.54, 1.807) is 18.9 Å². The Kier molecular flexibility index (Phi) is 7.40. The first-order valence-corrected chi connectivity index (χ1v) is 12.1. The second-order valence-corrected chi connectivity index (χ2v) is 8.91. The molecule has 0 fully saturated rings. The lowest BCUT2D eigenvalue weighted by Gasteiger charge is -2.22. The molecule has 0 saturated carbocycles. The van der Waals surface area contributed by atoms with Gasteiger partial charge in [-0.15, -0.1) is 0 Å². The maximum Gasteiger partial charge on any atom is 0.259 e. The Balaban J connectivity index is 1.65. The highest BCUT2D eigenvalue weighted by Crippen LogP contribution is 2.42. The predicted molar refractivity (Wildman–Crippen MR) is 135 cm³/mol. The third-order valence-electron chi connectivity index (χ3n) is 5.60. The number of hydrogen-bond acceptors (Lipinski definition) is 4. The number of carbonyl (C=O) groups is 1. The molecule has 0 unspecified atom stereocenters. The van der Waals surface area contributed by atoms with Gasteiger partial charge >= 0.3 is 0 Å². The zero-order valence-corrected chi connectivity index (χ0v) is 20.2. The number of hydrogen-bond donors (Lipinski definition) is 0. The number of allylic oxidation sites excluding steroid dienone is 1. The number of benzene rings is 3. The van der Waals surface area contributed by atoms with Crippen molar-refractivity contribution in [1.29, 1.82) is 0 Å². The molecule has 0 N–H and O–H groups in total. The molecule has 0 saturated heterocycles. The van der Waals surface area contributed by atoms with Crippen molar-refractivity contribution < 1.29 is 14.3 Å². The summed E-state index contributed by atoms with van der Waals surface area (Å²) in [6.07, 6.45) is 4.10. The molecule has 1 amide bonds. The van der Waals surface area contributed by atoms with E-state index in [1.807, 2.05) is 60.4 Å². The van der Waals surface area contributed by atoms with Crippen LogP contribution in [0.15, 0.2) is 82.6 Å². The molecule has 0 atom stereocenters. The summed E-state index contributed by atoms with van der Waals surface area (Å²) >= 11 is 1.64. The second-order valence-electron chi connectivity index (χ2n) is 7.82. The van der Waals surface area contributed by atoms with Crippen molar-refractivity contribution in [3.05, 3.63) is 89.5 Å². The fourth-order valence-electron chi connectivity index (χ4n) is 3.81. The lowest BCUT2D eigenvalue weighted by atomic mass is 10.1. The third-order valence-corrected chi connectivity index (χ3v) is 6.75. The Hall–Kier alpha value is -3.18. The van der Waals surface area contributed by atoms with E-state index < -0.39 is 0 Å². The number of nitrogens with zero attached hydrogens (tertiary/aromatic N) is 1. The van der Waals surface area contributed by atoms with Crippen molar-refractivity contribution in [3.63, 3.8) is 0 Å². The van der Waals surface area contributed by atoms with Gasteiger partial charge in [0.1, 0.15) is 18.1 Å². The predicted octanol–water partition coefficient (Wildman–Crippen LogP) is 7.18. The van der Waals surface area contributed by atoms with Gasteiger partial charge in [0.2, 0.25) is 0 Å². The Morgan fingerprint density at radius 1 is 1.00 bits per heavy atom. The SMILES string of the molecule is CCC/C=C(\OCc1ccc(OC)cc1)c1ccc2c(c1)N(CC)C(=O)c1ccccc1S2. The second kappa shape index (κ2) is 10.6. The van der Waals surface area contributed by atoms with Crippen molar-refractivity contribution in [2.45, 2.75) is 43.1 Å². The molecule has 4 rings (SSSR count). The van der Waals surface area contributed by atoms with Crippen molar-refractivity contribution >= 4 is 29.1 Å². The summed E-state index contributed by atoms with van der Waals surface area (Å²) in [7, 11) is 1.66. The maximum absolute atomic E-state index is 13.3.